The molecule has 1 aromatic carbocycles. The van der Waals surface area contributed by atoms with E-state index in [-0.39, 0.29) is 0 Å². The summed E-state index contributed by atoms with van der Waals surface area (Å²) in [6.45, 7) is 6.80. The highest BCUT2D eigenvalue weighted by molar-refractivity contribution is 9.10. The first-order valence-electron chi connectivity index (χ1n) is 6.47. The summed E-state index contributed by atoms with van der Waals surface area (Å²) in [6, 6.07) is 7.62. The number of H-pyrrole nitrogens is 1. The number of halogens is 1. The summed E-state index contributed by atoms with van der Waals surface area (Å²) < 4.78 is 6.57. The van der Waals surface area contributed by atoms with Crippen molar-refractivity contribution in [3.8, 4) is 0 Å². The van der Waals surface area contributed by atoms with E-state index in [1.54, 1.807) is 27.7 Å². The van der Waals surface area contributed by atoms with Gasteiger partial charge in [-0.3, -0.25) is 0 Å². The number of rotatable bonds is 4. The summed E-state index contributed by atoms with van der Waals surface area (Å²) in [7, 11) is -1.13. The third kappa shape index (κ3) is 2.93. The van der Waals surface area contributed by atoms with Gasteiger partial charge in [-0.2, -0.15) is 0 Å². The predicted molar refractivity (Wildman–Crippen MR) is 85.1 cm³/mol. The fourth-order valence-corrected chi connectivity index (χ4v) is 2.24. The Hall–Kier alpha value is -0.815. The lowest BCUT2D eigenvalue weighted by atomic mass is 9.80. The Morgan fingerprint density at radius 1 is 1.25 bits per heavy atom. The van der Waals surface area contributed by atoms with E-state index in [9.17, 15) is 10.1 Å². The number of benzene rings is 1. The summed E-state index contributed by atoms with van der Waals surface area (Å²) in [5, 5.41) is 21.3. The number of hydrogen-bond donors (Lipinski definition) is 3. The molecule has 0 fully saturated rings. The summed E-state index contributed by atoms with van der Waals surface area (Å²) in [4.78, 5) is 3.12. The van der Waals surface area contributed by atoms with Crippen molar-refractivity contribution >= 4 is 39.5 Å². The molecule has 0 saturated carbocycles. The minimum atomic E-state index is -1.13. The molecule has 0 bridgehead atoms. The van der Waals surface area contributed by atoms with Gasteiger partial charge in [0.05, 0.1) is 11.2 Å². The van der Waals surface area contributed by atoms with Crippen molar-refractivity contribution in [3.05, 3.63) is 28.7 Å². The Bertz CT molecular complexity index is 618. The molecule has 4 nitrogen and oxygen atoms in total. The van der Waals surface area contributed by atoms with E-state index in [0.29, 0.717) is 5.59 Å². The first-order valence-corrected chi connectivity index (χ1v) is 7.26. The van der Waals surface area contributed by atoms with Crippen LogP contribution in [0.1, 0.15) is 27.7 Å². The Labute approximate surface area is 127 Å². The van der Waals surface area contributed by atoms with Crippen LogP contribution in [-0.4, -0.2) is 33.4 Å². The van der Waals surface area contributed by atoms with Crippen LogP contribution in [0.2, 0.25) is 0 Å². The van der Waals surface area contributed by atoms with Crippen molar-refractivity contribution in [1.29, 1.82) is 0 Å². The van der Waals surface area contributed by atoms with E-state index in [2.05, 4.69) is 20.9 Å². The van der Waals surface area contributed by atoms with Crippen LogP contribution in [0.4, 0.5) is 0 Å². The molecule has 3 N–H and O–H groups in total. The quantitative estimate of drug-likeness (QED) is 0.748. The first-order chi connectivity index (χ1) is 9.12. The van der Waals surface area contributed by atoms with Gasteiger partial charge < -0.3 is 19.8 Å². The molecule has 20 heavy (non-hydrogen) atoms. The second kappa shape index (κ2) is 5.18. The molecular weight excluding hydrogens is 321 g/mol. The SMILES string of the molecule is CC(C)(O)C(C)(C)OB(O)c1cc2c(Br)cccc2[nH]1. The lowest BCUT2D eigenvalue weighted by Gasteiger charge is -2.38. The standard InChI is InChI=1S/C14H19BBrNO3/c1-13(2,18)14(3,4)20-15(19)12-8-9-10(16)6-5-7-11(9)17-12/h5-8,17-19H,1-4H3. The van der Waals surface area contributed by atoms with Gasteiger partial charge in [0.1, 0.15) is 0 Å². The molecule has 0 saturated heterocycles. The van der Waals surface area contributed by atoms with Gasteiger partial charge in [0.15, 0.2) is 0 Å². The Morgan fingerprint density at radius 2 is 1.90 bits per heavy atom. The molecule has 0 aliphatic heterocycles. The zero-order chi connectivity index (χ0) is 15.1. The number of aliphatic hydroxyl groups is 1. The lowest BCUT2D eigenvalue weighted by molar-refractivity contribution is -0.0983. The van der Waals surface area contributed by atoms with E-state index in [0.717, 1.165) is 15.4 Å². The van der Waals surface area contributed by atoms with E-state index < -0.39 is 18.3 Å². The fraction of sp³-hybridized carbons (Fsp3) is 0.429. The molecule has 0 amide bonds. The van der Waals surface area contributed by atoms with Gasteiger partial charge in [-0.15, -0.1) is 0 Å². The van der Waals surface area contributed by atoms with Gasteiger partial charge >= 0.3 is 7.12 Å². The Balaban J connectivity index is 2.28. The third-order valence-corrected chi connectivity index (χ3v) is 4.47. The highest BCUT2D eigenvalue weighted by Gasteiger charge is 2.39. The minimum Gasteiger partial charge on any atom is -0.422 e. The van der Waals surface area contributed by atoms with Crippen LogP contribution in [0.5, 0.6) is 0 Å². The van der Waals surface area contributed by atoms with Crippen molar-refractivity contribution in [2.45, 2.75) is 38.9 Å². The number of aromatic nitrogens is 1. The maximum atomic E-state index is 10.2. The minimum absolute atomic E-state index is 0.559. The van der Waals surface area contributed by atoms with Gasteiger partial charge in [0.25, 0.3) is 0 Å². The number of aromatic amines is 1. The lowest BCUT2D eigenvalue weighted by Crippen LogP contribution is -2.53. The number of nitrogens with one attached hydrogen (secondary N) is 1. The van der Waals surface area contributed by atoms with Crippen molar-refractivity contribution in [1.82, 2.24) is 4.98 Å². The molecule has 2 rings (SSSR count). The molecule has 0 aliphatic carbocycles. The van der Waals surface area contributed by atoms with Crippen LogP contribution < -0.4 is 5.59 Å². The van der Waals surface area contributed by atoms with Crippen LogP contribution in [0.3, 0.4) is 0 Å². The van der Waals surface area contributed by atoms with Crippen molar-refractivity contribution in [2.75, 3.05) is 0 Å². The van der Waals surface area contributed by atoms with Crippen molar-refractivity contribution in [3.63, 3.8) is 0 Å². The van der Waals surface area contributed by atoms with E-state index in [1.807, 2.05) is 24.3 Å². The van der Waals surface area contributed by atoms with Crippen LogP contribution in [0.25, 0.3) is 10.9 Å². The molecular formula is C14H19BBrNO3. The smallest absolute Gasteiger partial charge is 0.422 e. The molecule has 2 aromatic rings. The maximum absolute atomic E-state index is 10.2. The molecule has 0 unspecified atom stereocenters. The normalized spacial score (nSPS) is 12.9. The van der Waals surface area contributed by atoms with Gasteiger partial charge in [-0.1, -0.05) is 22.0 Å². The summed E-state index contributed by atoms with van der Waals surface area (Å²) in [6.07, 6.45) is 0. The van der Waals surface area contributed by atoms with Crippen LogP contribution >= 0.6 is 15.9 Å². The first kappa shape index (κ1) is 15.6. The molecule has 108 valence electrons. The Kier molecular flexibility index (Phi) is 4.04. The van der Waals surface area contributed by atoms with E-state index >= 15 is 0 Å². The average Bonchev–Trinajstić information content (AvgIpc) is 2.72. The van der Waals surface area contributed by atoms with Crippen LogP contribution in [0, 0.1) is 0 Å². The summed E-state index contributed by atoms with van der Waals surface area (Å²) in [5.74, 6) is 0. The molecule has 0 radical (unpaired) electrons. The predicted octanol–water partition coefficient (Wildman–Crippen LogP) is 2.18. The number of fused-ring (bicyclic) bond motifs is 1. The molecule has 6 heteroatoms. The molecule has 0 spiro atoms. The second-order valence-corrected chi connectivity index (χ2v) is 6.82. The molecule has 1 aromatic heterocycles. The second-order valence-electron chi connectivity index (χ2n) is 5.97. The van der Waals surface area contributed by atoms with Crippen molar-refractivity contribution in [2.24, 2.45) is 0 Å². The van der Waals surface area contributed by atoms with Gasteiger partial charge in [0.2, 0.25) is 0 Å². The van der Waals surface area contributed by atoms with E-state index in [1.165, 1.54) is 0 Å². The zero-order valence-electron chi connectivity index (χ0n) is 12.1. The van der Waals surface area contributed by atoms with Gasteiger partial charge in [-0.05, 0) is 45.9 Å². The topological polar surface area (TPSA) is 65.5 Å². The number of hydrogen-bond acceptors (Lipinski definition) is 3. The van der Waals surface area contributed by atoms with E-state index in [4.69, 9.17) is 4.65 Å². The monoisotopic (exact) mass is 339 g/mol. The zero-order valence-corrected chi connectivity index (χ0v) is 13.7. The summed E-state index contributed by atoms with van der Waals surface area (Å²) in [5.41, 5.74) is -0.482. The highest BCUT2D eigenvalue weighted by Crippen LogP contribution is 2.26. The third-order valence-electron chi connectivity index (χ3n) is 3.78. The summed E-state index contributed by atoms with van der Waals surface area (Å²) >= 11 is 3.47. The molecule has 0 atom stereocenters. The van der Waals surface area contributed by atoms with Crippen LogP contribution in [-0.2, 0) is 4.65 Å². The van der Waals surface area contributed by atoms with Crippen LogP contribution in [0.15, 0.2) is 28.7 Å². The highest BCUT2D eigenvalue weighted by atomic mass is 79.9. The molecule has 1 heterocycles. The Morgan fingerprint density at radius 3 is 2.45 bits per heavy atom. The maximum Gasteiger partial charge on any atom is 0.508 e. The molecule has 0 aliphatic rings. The van der Waals surface area contributed by atoms with Crippen molar-refractivity contribution < 1.29 is 14.8 Å². The van der Waals surface area contributed by atoms with Gasteiger partial charge in [-0.25, -0.2) is 0 Å². The van der Waals surface area contributed by atoms with Gasteiger partial charge in [0, 0.05) is 21.0 Å². The largest absolute Gasteiger partial charge is 0.508 e. The average molecular weight is 340 g/mol. The fourth-order valence-electron chi connectivity index (χ4n) is 1.76.